The minimum atomic E-state index is 0.362. The summed E-state index contributed by atoms with van der Waals surface area (Å²) >= 11 is 0. The molecule has 0 radical (unpaired) electrons. The SMILES string of the molecule is C=CCOc1ccc(-c2ccc3cc(/C=C/CCCC(C)OCCCCC)ccc3c2)cc1. The molecule has 0 heterocycles. The normalized spacial score (nSPS) is 12.3. The third kappa shape index (κ3) is 8.22. The van der Waals surface area contributed by atoms with Crippen molar-refractivity contribution in [3.63, 3.8) is 0 Å². The first-order chi connectivity index (χ1) is 16.2. The van der Waals surface area contributed by atoms with Crippen LogP contribution in [0.25, 0.3) is 28.0 Å². The van der Waals surface area contributed by atoms with E-state index >= 15 is 0 Å². The Morgan fingerprint density at radius 1 is 0.879 bits per heavy atom. The van der Waals surface area contributed by atoms with E-state index in [4.69, 9.17) is 9.47 Å². The van der Waals surface area contributed by atoms with E-state index in [1.807, 2.05) is 12.1 Å². The van der Waals surface area contributed by atoms with Crippen LogP contribution in [-0.2, 0) is 4.74 Å². The third-order valence-corrected chi connectivity index (χ3v) is 5.86. The van der Waals surface area contributed by atoms with Gasteiger partial charge in [0.15, 0.2) is 0 Å². The summed E-state index contributed by atoms with van der Waals surface area (Å²) in [6.45, 7) is 9.53. The number of hydrogen-bond donors (Lipinski definition) is 0. The second kappa shape index (κ2) is 13.6. The zero-order chi connectivity index (χ0) is 23.3. The van der Waals surface area contributed by atoms with Crippen molar-refractivity contribution in [1.29, 1.82) is 0 Å². The second-order valence-corrected chi connectivity index (χ2v) is 8.67. The molecule has 3 rings (SSSR count). The van der Waals surface area contributed by atoms with Crippen LogP contribution in [0.2, 0.25) is 0 Å². The maximum atomic E-state index is 5.89. The van der Waals surface area contributed by atoms with Gasteiger partial charge in [0.05, 0.1) is 6.10 Å². The zero-order valence-corrected chi connectivity index (χ0v) is 20.3. The monoisotopic (exact) mass is 442 g/mol. The molecule has 3 aromatic rings. The molecule has 0 fully saturated rings. The summed E-state index contributed by atoms with van der Waals surface area (Å²) < 4.78 is 11.5. The molecule has 1 atom stereocenters. The lowest BCUT2D eigenvalue weighted by molar-refractivity contribution is 0.0566. The summed E-state index contributed by atoms with van der Waals surface area (Å²) in [5.74, 6) is 0.866. The molecular formula is C31H38O2. The molecule has 0 saturated carbocycles. The summed E-state index contributed by atoms with van der Waals surface area (Å²) in [5.41, 5.74) is 3.66. The molecule has 174 valence electrons. The van der Waals surface area contributed by atoms with Crippen LogP contribution in [0.1, 0.15) is 57.9 Å². The van der Waals surface area contributed by atoms with Gasteiger partial charge in [0.1, 0.15) is 12.4 Å². The van der Waals surface area contributed by atoms with Gasteiger partial charge in [0.2, 0.25) is 0 Å². The number of benzene rings is 3. The highest BCUT2D eigenvalue weighted by Crippen LogP contribution is 2.27. The minimum absolute atomic E-state index is 0.362. The Hall–Kier alpha value is -2.84. The fourth-order valence-corrected chi connectivity index (χ4v) is 3.91. The topological polar surface area (TPSA) is 18.5 Å². The predicted molar refractivity (Wildman–Crippen MR) is 143 cm³/mol. The fourth-order valence-electron chi connectivity index (χ4n) is 3.91. The number of hydrogen-bond acceptors (Lipinski definition) is 2. The molecule has 0 saturated heterocycles. The first kappa shape index (κ1) is 24.8. The fraction of sp³-hybridized carbons (Fsp3) is 0.355. The molecule has 0 aliphatic rings. The Morgan fingerprint density at radius 3 is 2.42 bits per heavy atom. The van der Waals surface area contributed by atoms with E-state index in [1.54, 1.807) is 6.08 Å². The van der Waals surface area contributed by atoms with Crippen molar-refractivity contribution in [1.82, 2.24) is 0 Å². The Kier molecular flexibility index (Phi) is 10.3. The largest absolute Gasteiger partial charge is 0.490 e. The maximum Gasteiger partial charge on any atom is 0.119 e. The number of rotatable bonds is 14. The molecular weight excluding hydrogens is 404 g/mol. The average molecular weight is 443 g/mol. The van der Waals surface area contributed by atoms with Crippen molar-refractivity contribution in [2.45, 2.75) is 58.5 Å². The van der Waals surface area contributed by atoms with Crippen molar-refractivity contribution in [3.05, 3.63) is 85.0 Å². The van der Waals surface area contributed by atoms with Gasteiger partial charge in [0, 0.05) is 6.61 Å². The second-order valence-electron chi connectivity index (χ2n) is 8.67. The van der Waals surface area contributed by atoms with Crippen LogP contribution in [-0.4, -0.2) is 19.3 Å². The van der Waals surface area contributed by atoms with Crippen LogP contribution >= 0.6 is 0 Å². The lowest BCUT2D eigenvalue weighted by atomic mass is 9.99. The van der Waals surface area contributed by atoms with Gasteiger partial charge in [-0.2, -0.15) is 0 Å². The first-order valence-electron chi connectivity index (χ1n) is 12.4. The molecule has 0 bridgehead atoms. The minimum Gasteiger partial charge on any atom is -0.490 e. The van der Waals surface area contributed by atoms with Gasteiger partial charge in [-0.3, -0.25) is 0 Å². The van der Waals surface area contributed by atoms with Crippen LogP contribution in [0.15, 0.2) is 79.4 Å². The molecule has 0 aliphatic heterocycles. The van der Waals surface area contributed by atoms with E-state index in [0.717, 1.165) is 25.2 Å². The maximum absolute atomic E-state index is 5.89. The Morgan fingerprint density at radius 2 is 1.64 bits per heavy atom. The van der Waals surface area contributed by atoms with Crippen molar-refractivity contribution >= 4 is 16.8 Å². The van der Waals surface area contributed by atoms with E-state index in [1.165, 1.54) is 53.1 Å². The van der Waals surface area contributed by atoms with Crippen LogP contribution in [0.4, 0.5) is 0 Å². The summed E-state index contributed by atoms with van der Waals surface area (Å²) in [6, 6.07) is 21.6. The standard InChI is InChI=1S/C31H38O2/c1-4-6-10-22-32-25(3)11-8-7-9-12-26-13-14-30-24-29(16-15-28(30)23-26)27-17-19-31(20-18-27)33-21-5-2/h5,9,12-20,23-25H,2,4,6-8,10-11,21-22H2,1,3H3/b12-9+. The number of allylic oxidation sites excluding steroid dienone is 1. The summed E-state index contributed by atoms with van der Waals surface area (Å²) in [5, 5.41) is 2.52. The summed E-state index contributed by atoms with van der Waals surface area (Å²) in [4.78, 5) is 0. The summed E-state index contributed by atoms with van der Waals surface area (Å²) in [6.07, 6.45) is 13.7. The smallest absolute Gasteiger partial charge is 0.119 e. The quantitative estimate of drug-likeness (QED) is 0.183. The number of ether oxygens (including phenoxy) is 2. The van der Waals surface area contributed by atoms with Crippen LogP contribution < -0.4 is 4.74 Å². The van der Waals surface area contributed by atoms with Crippen molar-refractivity contribution in [2.75, 3.05) is 13.2 Å². The Labute approximate surface area is 199 Å². The molecule has 2 nitrogen and oxygen atoms in total. The number of fused-ring (bicyclic) bond motifs is 1. The Balaban J connectivity index is 1.51. The molecule has 1 unspecified atom stereocenters. The van der Waals surface area contributed by atoms with Gasteiger partial charge in [-0.25, -0.2) is 0 Å². The average Bonchev–Trinajstić information content (AvgIpc) is 2.85. The highest BCUT2D eigenvalue weighted by Gasteiger charge is 2.03. The van der Waals surface area contributed by atoms with E-state index in [2.05, 4.69) is 81.1 Å². The first-order valence-corrected chi connectivity index (χ1v) is 12.4. The highest BCUT2D eigenvalue weighted by molar-refractivity contribution is 5.89. The van der Waals surface area contributed by atoms with Crippen LogP contribution in [0.5, 0.6) is 5.75 Å². The van der Waals surface area contributed by atoms with E-state index in [-0.39, 0.29) is 0 Å². The van der Waals surface area contributed by atoms with Crippen LogP contribution in [0.3, 0.4) is 0 Å². The van der Waals surface area contributed by atoms with Gasteiger partial charge in [-0.05, 0) is 84.3 Å². The van der Waals surface area contributed by atoms with E-state index in [0.29, 0.717) is 12.7 Å². The molecule has 0 aromatic heterocycles. The number of unbranched alkanes of at least 4 members (excludes halogenated alkanes) is 3. The highest BCUT2D eigenvalue weighted by atomic mass is 16.5. The van der Waals surface area contributed by atoms with E-state index in [9.17, 15) is 0 Å². The van der Waals surface area contributed by atoms with Crippen molar-refractivity contribution in [3.8, 4) is 16.9 Å². The van der Waals surface area contributed by atoms with Crippen molar-refractivity contribution in [2.24, 2.45) is 0 Å². The third-order valence-electron chi connectivity index (χ3n) is 5.86. The lowest BCUT2D eigenvalue weighted by Crippen LogP contribution is -2.08. The van der Waals surface area contributed by atoms with Crippen molar-refractivity contribution < 1.29 is 9.47 Å². The molecule has 0 N–H and O–H groups in total. The molecule has 0 spiro atoms. The molecule has 2 heteroatoms. The predicted octanol–water partition coefficient (Wildman–Crippen LogP) is 8.85. The van der Waals surface area contributed by atoms with Gasteiger partial charge in [0.25, 0.3) is 0 Å². The lowest BCUT2D eigenvalue weighted by Gasteiger charge is -2.12. The van der Waals surface area contributed by atoms with Gasteiger partial charge in [-0.15, -0.1) is 0 Å². The summed E-state index contributed by atoms with van der Waals surface area (Å²) in [7, 11) is 0. The van der Waals surface area contributed by atoms with Gasteiger partial charge >= 0.3 is 0 Å². The molecule has 0 amide bonds. The van der Waals surface area contributed by atoms with E-state index < -0.39 is 0 Å². The molecule has 3 aromatic carbocycles. The van der Waals surface area contributed by atoms with Crippen LogP contribution in [0, 0.1) is 0 Å². The Bertz CT molecular complexity index is 1020. The molecule has 0 aliphatic carbocycles. The van der Waals surface area contributed by atoms with Gasteiger partial charge in [-0.1, -0.05) is 81.0 Å². The zero-order valence-electron chi connectivity index (χ0n) is 20.3. The van der Waals surface area contributed by atoms with Gasteiger partial charge < -0.3 is 9.47 Å². The molecule has 33 heavy (non-hydrogen) atoms.